The summed E-state index contributed by atoms with van der Waals surface area (Å²) < 4.78 is 11.4. The predicted octanol–water partition coefficient (Wildman–Crippen LogP) is -0.0451. The van der Waals surface area contributed by atoms with Crippen molar-refractivity contribution in [2.45, 2.75) is 24.9 Å². The Bertz CT molecular complexity index is 580. The predicted molar refractivity (Wildman–Crippen MR) is 58.8 cm³/mol. The average molecular weight is 284 g/mol. The molecule has 2 aliphatic rings. The lowest BCUT2D eigenvalue weighted by Crippen LogP contribution is -2.37. The molecule has 2 bridgehead atoms. The van der Waals surface area contributed by atoms with Crippen molar-refractivity contribution < 1.29 is 24.1 Å². The van der Waals surface area contributed by atoms with Gasteiger partial charge in [0, 0.05) is 6.42 Å². The fraction of sp³-hybridized carbons (Fsp3) is 0.556. The Morgan fingerprint density at radius 3 is 2.70 bits per heavy atom. The number of hydrogen-bond acceptors (Lipinski definition) is 8. The molecule has 11 heteroatoms. The minimum atomic E-state index is -0.936. The molecule has 1 aromatic rings. The molecule has 0 N–H and O–H groups in total. The van der Waals surface area contributed by atoms with Gasteiger partial charge in [-0.15, -0.1) is 0 Å². The number of carbonyl (C=O) groups is 1. The molecule has 0 aliphatic carbocycles. The number of nitrogens with zero attached hydrogens (tertiary/aromatic N) is 4. The van der Waals surface area contributed by atoms with Crippen LogP contribution in [0.4, 0.5) is 11.5 Å². The molecular weight excluding hydrogens is 276 g/mol. The lowest BCUT2D eigenvalue weighted by Gasteiger charge is -2.24. The molecule has 0 unspecified atom stereocenters. The van der Waals surface area contributed by atoms with Gasteiger partial charge in [0.25, 0.3) is 0 Å². The van der Waals surface area contributed by atoms with Crippen LogP contribution in [0.2, 0.25) is 0 Å². The molecule has 0 amide bonds. The smallest absolute Gasteiger partial charge is 0.358 e. The Morgan fingerprint density at radius 2 is 2.10 bits per heavy atom. The maximum absolute atomic E-state index is 11.6. The van der Waals surface area contributed by atoms with Crippen LogP contribution in [-0.2, 0) is 14.3 Å². The zero-order chi connectivity index (χ0) is 14.4. The van der Waals surface area contributed by atoms with E-state index >= 15 is 0 Å². The minimum Gasteiger partial charge on any atom is -0.358 e. The number of ketones is 1. The van der Waals surface area contributed by atoms with Crippen molar-refractivity contribution in [2.75, 3.05) is 6.61 Å². The summed E-state index contributed by atoms with van der Waals surface area (Å²) in [6.45, 7) is 0.141. The number of carbonyl (C=O) groups excluding carboxylic acids is 1. The lowest BCUT2D eigenvalue weighted by molar-refractivity contribution is -0.424. The van der Waals surface area contributed by atoms with Gasteiger partial charge in [-0.3, -0.25) is 14.9 Å². The molecule has 1 aromatic heterocycles. The van der Waals surface area contributed by atoms with Gasteiger partial charge < -0.3 is 19.6 Å². The summed E-state index contributed by atoms with van der Waals surface area (Å²) >= 11 is 0. The van der Waals surface area contributed by atoms with Crippen LogP contribution < -0.4 is 0 Å². The molecule has 3 heterocycles. The zero-order valence-corrected chi connectivity index (χ0v) is 9.87. The summed E-state index contributed by atoms with van der Waals surface area (Å²) in [6, 6.07) is -0.645. The third-order valence-electron chi connectivity index (χ3n) is 3.22. The summed E-state index contributed by atoms with van der Waals surface area (Å²) in [5, 5.41) is 25.1. The largest absolute Gasteiger partial charge is 0.467 e. The van der Waals surface area contributed by atoms with Crippen LogP contribution in [0.15, 0.2) is 6.20 Å². The van der Waals surface area contributed by atoms with E-state index in [1.54, 1.807) is 0 Å². The van der Waals surface area contributed by atoms with E-state index < -0.39 is 39.8 Å². The normalized spacial score (nSPS) is 28.6. The van der Waals surface area contributed by atoms with Gasteiger partial charge in [-0.05, 0) is 4.92 Å². The molecule has 0 saturated carbocycles. The number of nitro groups is 2. The highest BCUT2D eigenvalue weighted by Crippen LogP contribution is 2.35. The first-order chi connectivity index (χ1) is 9.47. The first-order valence-corrected chi connectivity index (χ1v) is 5.65. The molecule has 2 saturated heterocycles. The van der Waals surface area contributed by atoms with Crippen LogP contribution >= 0.6 is 0 Å². The van der Waals surface area contributed by atoms with Gasteiger partial charge in [-0.25, -0.2) is 0 Å². The van der Waals surface area contributed by atoms with Crippen LogP contribution in [0, 0.1) is 20.2 Å². The summed E-state index contributed by atoms with van der Waals surface area (Å²) in [5.41, 5.74) is -0.719. The second-order valence-electron chi connectivity index (χ2n) is 4.41. The van der Waals surface area contributed by atoms with E-state index in [0.717, 1.165) is 10.9 Å². The first-order valence-electron chi connectivity index (χ1n) is 5.65. The van der Waals surface area contributed by atoms with Gasteiger partial charge in [0.15, 0.2) is 5.78 Å². The van der Waals surface area contributed by atoms with E-state index in [1.165, 1.54) is 0 Å². The Balaban J connectivity index is 1.98. The topological polar surface area (TPSA) is 140 Å². The number of Topliss-reactive ketones (excluding diaryl/α,β-unsaturated/α-hetero) is 1. The molecular formula is C9H8N4O7. The summed E-state index contributed by atoms with van der Waals surface area (Å²) in [6.07, 6.45) is -0.461. The summed E-state index contributed by atoms with van der Waals surface area (Å²) in [7, 11) is 0. The van der Waals surface area contributed by atoms with Crippen LogP contribution in [0.3, 0.4) is 0 Å². The van der Waals surface area contributed by atoms with Crippen molar-refractivity contribution in [1.82, 2.24) is 9.78 Å². The summed E-state index contributed by atoms with van der Waals surface area (Å²) in [4.78, 5) is 31.3. The Morgan fingerprint density at radius 1 is 1.35 bits per heavy atom. The van der Waals surface area contributed by atoms with Crippen molar-refractivity contribution in [2.24, 2.45) is 0 Å². The van der Waals surface area contributed by atoms with Crippen LogP contribution in [0.5, 0.6) is 0 Å². The first kappa shape index (κ1) is 12.6. The molecule has 0 spiro atoms. The third-order valence-corrected chi connectivity index (χ3v) is 3.22. The van der Waals surface area contributed by atoms with Gasteiger partial charge in [0.05, 0.1) is 16.6 Å². The number of fused-ring (bicyclic) bond motifs is 2. The van der Waals surface area contributed by atoms with Crippen LogP contribution in [0.1, 0.15) is 12.5 Å². The second kappa shape index (κ2) is 4.31. The summed E-state index contributed by atoms with van der Waals surface area (Å²) in [5.74, 6) is -1.17. The molecule has 11 nitrogen and oxygen atoms in total. The van der Waals surface area contributed by atoms with Gasteiger partial charge in [0.1, 0.15) is 18.3 Å². The fourth-order valence-corrected chi connectivity index (χ4v) is 2.29. The fourth-order valence-electron chi connectivity index (χ4n) is 2.29. The number of aromatic nitrogens is 2. The van der Waals surface area contributed by atoms with E-state index in [1.807, 2.05) is 0 Å². The Kier molecular flexibility index (Phi) is 2.72. The average Bonchev–Trinajstić information content (AvgIpc) is 3.00. The van der Waals surface area contributed by atoms with E-state index in [4.69, 9.17) is 9.47 Å². The molecule has 0 radical (unpaired) electrons. The van der Waals surface area contributed by atoms with Crippen molar-refractivity contribution in [3.8, 4) is 0 Å². The SMILES string of the molecule is O=C1C[C@H](n2cc([N+](=O)[O-])c([N+](=O)[O-])n2)[C@@H]2CO[C@@H]1O2. The van der Waals surface area contributed by atoms with E-state index in [0.29, 0.717) is 0 Å². The lowest BCUT2D eigenvalue weighted by atomic mass is 10.0. The molecule has 0 aromatic carbocycles. The number of ether oxygens (including phenoxy) is 2. The third kappa shape index (κ3) is 1.83. The molecule has 2 aliphatic heterocycles. The molecule has 3 atom stereocenters. The van der Waals surface area contributed by atoms with E-state index in [-0.39, 0.29) is 18.8 Å². The highest BCUT2D eigenvalue weighted by atomic mass is 16.7. The Labute approximate surface area is 110 Å². The highest BCUT2D eigenvalue weighted by Gasteiger charge is 2.47. The molecule has 2 fully saturated rings. The molecule has 3 rings (SSSR count). The van der Waals surface area contributed by atoms with Gasteiger partial charge in [-0.1, -0.05) is 0 Å². The van der Waals surface area contributed by atoms with Gasteiger partial charge >= 0.3 is 11.5 Å². The quantitative estimate of drug-likeness (QED) is 0.556. The van der Waals surface area contributed by atoms with Crippen LogP contribution in [0.25, 0.3) is 0 Å². The standard InChI is InChI=1S/C9H8N4O7/c14-6-1-4(7-3-19-9(6)20-7)11-2-5(12(15)16)8(10-11)13(17)18/h2,4,7,9H,1,3H2/t4-,7-,9+/m0/s1. The monoisotopic (exact) mass is 284 g/mol. The van der Waals surface area contributed by atoms with Crippen molar-refractivity contribution >= 4 is 17.3 Å². The Hall–Kier alpha value is -2.40. The zero-order valence-electron chi connectivity index (χ0n) is 9.87. The molecule has 106 valence electrons. The van der Waals surface area contributed by atoms with E-state index in [9.17, 15) is 25.0 Å². The minimum absolute atomic E-state index is 0.00528. The number of hydrogen-bond donors (Lipinski definition) is 0. The van der Waals surface area contributed by atoms with Gasteiger partial charge in [-0.2, -0.15) is 4.68 Å². The van der Waals surface area contributed by atoms with Gasteiger partial charge in [0.2, 0.25) is 6.29 Å². The maximum atomic E-state index is 11.6. The van der Waals surface area contributed by atoms with Crippen LogP contribution in [-0.4, -0.2) is 44.4 Å². The maximum Gasteiger partial charge on any atom is 0.467 e. The highest BCUT2D eigenvalue weighted by molar-refractivity contribution is 5.83. The van der Waals surface area contributed by atoms with Crippen molar-refractivity contribution in [1.29, 1.82) is 0 Å². The number of rotatable bonds is 3. The van der Waals surface area contributed by atoms with Crippen molar-refractivity contribution in [3.05, 3.63) is 26.4 Å². The van der Waals surface area contributed by atoms with Crippen molar-refractivity contribution in [3.63, 3.8) is 0 Å². The molecule has 20 heavy (non-hydrogen) atoms. The van der Waals surface area contributed by atoms with E-state index in [2.05, 4.69) is 5.10 Å². The second-order valence-corrected chi connectivity index (χ2v) is 4.41.